The average molecular weight is 385 g/mol. The van der Waals surface area contributed by atoms with Gasteiger partial charge in [0, 0.05) is 29.0 Å². The van der Waals surface area contributed by atoms with Crippen LogP contribution in [0.25, 0.3) is 11.0 Å². The van der Waals surface area contributed by atoms with Crippen molar-refractivity contribution in [2.24, 2.45) is 11.8 Å². The molecule has 1 aromatic heterocycles. The average Bonchev–Trinajstić information content (AvgIpc) is 2.88. The fourth-order valence-corrected chi connectivity index (χ4v) is 4.13. The number of aliphatic carboxylic acids is 1. The Labute approximate surface area is 159 Å². The maximum absolute atomic E-state index is 12.3. The summed E-state index contributed by atoms with van der Waals surface area (Å²) in [5.41, 5.74) is 0.303. The van der Waals surface area contributed by atoms with E-state index in [9.17, 15) is 24.6 Å². The highest BCUT2D eigenvalue weighted by Gasteiger charge is 2.59. The molecule has 2 aliphatic heterocycles. The predicted molar refractivity (Wildman–Crippen MR) is 97.6 cm³/mol. The summed E-state index contributed by atoms with van der Waals surface area (Å²) < 4.78 is 10.9. The van der Waals surface area contributed by atoms with Crippen molar-refractivity contribution in [3.05, 3.63) is 52.0 Å². The molecule has 28 heavy (non-hydrogen) atoms. The summed E-state index contributed by atoms with van der Waals surface area (Å²) in [5, 5.41) is 20.2. The van der Waals surface area contributed by atoms with Gasteiger partial charge in [0.05, 0.1) is 18.1 Å². The Morgan fingerprint density at radius 2 is 2.00 bits per heavy atom. The number of carboxylic acids is 1. The van der Waals surface area contributed by atoms with Crippen LogP contribution in [0.15, 0.2) is 50.8 Å². The highest BCUT2D eigenvalue weighted by molar-refractivity contribution is 6.00. The lowest BCUT2D eigenvalue weighted by Crippen LogP contribution is -2.63. The quantitative estimate of drug-likeness (QED) is 0.590. The van der Waals surface area contributed by atoms with Gasteiger partial charge in [-0.2, -0.15) is 0 Å². The van der Waals surface area contributed by atoms with Gasteiger partial charge in [0.15, 0.2) is 0 Å². The second-order valence-corrected chi connectivity index (χ2v) is 7.18. The third kappa shape index (κ3) is 2.68. The molecule has 146 valence electrons. The maximum atomic E-state index is 12.3. The number of hydrogen-bond acceptors (Lipinski definition) is 6. The molecule has 2 aromatic rings. The summed E-state index contributed by atoms with van der Waals surface area (Å²) in [6.07, 6.45) is -0.852. The van der Waals surface area contributed by atoms with E-state index in [0.717, 1.165) is 5.39 Å². The van der Waals surface area contributed by atoms with Gasteiger partial charge in [-0.05, 0) is 25.1 Å². The van der Waals surface area contributed by atoms with Gasteiger partial charge in [0.25, 0.3) is 0 Å². The van der Waals surface area contributed by atoms with Gasteiger partial charge in [-0.3, -0.25) is 4.79 Å². The molecule has 0 aliphatic carbocycles. The van der Waals surface area contributed by atoms with Crippen molar-refractivity contribution in [1.29, 1.82) is 0 Å². The molecule has 4 atom stereocenters. The number of β-lactam (4-membered cyclic amide) rings is 1. The van der Waals surface area contributed by atoms with E-state index in [1.54, 1.807) is 24.3 Å². The number of fused-ring (bicyclic) bond motifs is 2. The minimum absolute atomic E-state index is 0.0296. The zero-order chi connectivity index (χ0) is 20.2. The number of rotatable bonds is 5. The Bertz CT molecular complexity index is 1070. The molecule has 0 unspecified atom stereocenters. The Morgan fingerprint density at radius 1 is 1.29 bits per heavy atom. The minimum Gasteiger partial charge on any atom is -0.489 e. The number of aliphatic hydroxyl groups is 1. The third-order valence-corrected chi connectivity index (χ3v) is 5.51. The molecular weight excluding hydrogens is 366 g/mol. The number of ether oxygens (including phenoxy) is 1. The van der Waals surface area contributed by atoms with E-state index < -0.39 is 23.6 Å². The van der Waals surface area contributed by atoms with Crippen LogP contribution < -0.4 is 10.4 Å². The normalized spacial score (nSPS) is 24.9. The Hall–Kier alpha value is -3.13. The van der Waals surface area contributed by atoms with Crippen LogP contribution in [-0.4, -0.2) is 45.7 Å². The zero-order valence-electron chi connectivity index (χ0n) is 15.3. The van der Waals surface area contributed by atoms with Crippen molar-refractivity contribution in [3.63, 3.8) is 0 Å². The van der Waals surface area contributed by atoms with Crippen LogP contribution >= 0.6 is 0 Å². The first-order valence-electron chi connectivity index (χ1n) is 8.93. The molecule has 8 nitrogen and oxygen atoms in total. The lowest BCUT2D eigenvalue weighted by atomic mass is 9.78. The van der Waals surface area contributed by atoms with E-state index in [2.05, 4.69) is 0 Å². The minimum atomic E-state index is -1.20. The topological polar surface area (TPSA) is 117 Å². The summed E-state index contributed by atoms with van der Waals surface area (Å²) in [6, 6.07) is 7.58. The van der Waals surface area contributed by atoms with Crippen molar-refractivity contribution >= 4 is 22.8 Å². The monoisotopic (exact) mass is 385 g/mol. The number of amides is 1. The Morgan fingerprint density at radius 3 is 2.68 bits per heavy atom. The highest BCUT2D eigenvalue weighted by atomic mass is 16.5. The summed E-state index contributed by atoms with van der Waals surface area (Å²) in [7, 11) is 0. The molecular formula is C20H19NO7. The van der Waals surface area contributed by atoms with Gasteiger partial charge in [0.2, 0.25) is 5.91 Å². The van der Waals surface area contributed by atoms with Gasteiger partial charge in [-0.15, -0.1) is 0 Å². The van der Waals surface area contributed by atoms with Crippen LogP contribution in [-0.2, 0) is 9.59 Å². The van der Waals surface area contributed by atoms with Crippen molar-refractivity contribution in [2.45, 2.75) is 26.0 Å². The van der Waals surface area contributed by atoms with E-state index in [1.165, 1.54) is 17.9 Å². The molecule has 1 amide bonds. The van der Waals surface area contributed by atoms with Crippen LogP contribution in [0, 0.1) is 11.8 Å². The first kappa shape index (κ1) is 18.2. The Balaban J connectivity index is 1.61. The fraction of sp³-hybridized carbons (Fsp3) is 0.350. The predicted octanol–water partition coefficient (Wildman–Crippen LogP) is 1.37. The smallest absolute Gasteiger partial charge is 0.352 e. The van der Waals surface area contributed by atoms with E-state index in [0.29, 0.717) is 16.9 Å². The lowest BCUT2D eigenvalue weighted by molar-refractivity contribution is -0.163. The second-order valence-electron chi connectivity index (χ2n) is 7.18. The standard InChI is InChI=1S/C20H19NO7/c1-9-13(18(20(25)26)21-17(9)16(10(2)22)19(21)24)8-27-12-5-3-11-4-6-15(23)28-14(11)7-12/h3-7,9-10,16-17,22H,8H2,1-2H3,(H,25,26)/t9-,10+,16+,17-/m0/s1. The summed E-state index contributed by atoms with van der Waals surface area (Å²) >= 11 is 0. The second kappa shape index (κ2) is 6.49. The molecule has 0 saturated carbocycles. The molecule has 1 aromatic carbocycles. The zero-order valence-corrected chi connectivity index (χ0v) is 15.3. The molecule has 2 N–H and O–H groups in total. The van der Waals surface area contributed by atoms with Gasteiger partial charge in [0.1, 0.15) is 23.6 Å². The fourth-order valence-electron chi connectivity index (χ4n) is 4.13. The van der Waals surface area contributed by atoms with Crippen LogP contribution in [0.3, 0.4) is 0 Å². The number of aliphatic hydroxyl groups excluding tert-OH is 1. The molecule has 1 fully saturated rings. The van der Waals surface area contributed by atoms with Crippen molar-refractivity contribution < 1.29 is 29.0 Å². The largest absolute Gasteiger partial charge is 0.489 e. The number of nitrogens with zero attached hydrogens (tertiary/aromatic N) is 1. The van der Waals surface area contributed by atoms with Crippen LogP contribution in [0.2, 0.25) is 0 Å². The van der Waals surface area contributed by atoms with Crippen LogP contribution in [0.1, 0.15) is 13.8 Å². The summed E-state index contributed by atoms with van der Waals surface area (Å²) in [5.74, 6) is -2.04. The third-order valence-electron chi connectivity index (χ3n) is 5.51. The van der Waals surface area contributed by atoms with Crippen molar-refractivity contribution in [2.75, 3.05) is 6.61 Å². The van der Waals surface area contributed by atoms with E-state index in [4.69, 9.17) is 9.15 Å². The SMILES string of the molecule is C[C@@H](O)[C@H]1C(=O)N2C(C(=O)O)=C(COc3ccc4ccc(=O)oc4c3)[C@H](C)[C@@H]12. The summed E-state index contributed by atoms with van der Waals surface area (Å²) in [6.45, 7) is 3.33. The van der Waals surface area contributed by atoms with Crippen LogP contribution in [0.5, 0.6) is 5.75 Å². The molecule has 0 spiro atoms. The molecule has 2 aliphatic rings. The first-order valence-corrected chi connectivity index (χ1v) is 8.93. The molecule has 4 rings (SSSR count). The molecule has 0 bridgehead atoms. The first-order chi connectivity index (χ1) is 13.3. The summed E-state index contributed by atoms with van der Waals surface area (Å²) in [4.78, 5) is 36.7. The number of carboxylic acid groups (broad SMARTS) is 1. The number of carbonyl (C=O) groups is 2. The maximum Gasteiger partial charge on any atom is 0.352 e. The van der Waals surface area contributed by atoms with E-state index in [-0.39, 0.29) is 30.2 Å². The molecule has 8 heteroatoms. The van der Waals surface area contributed by atoms with E-state index >= 15 is 0 Å². The van der Waals surface area contributed by atoms with Gasteiger partial charge in [-0.1, -0.05) is 6.92 Å². The molecule has 1 saturated heterocycles. The van der Waals surface area contributed by atoms with Gasteiger partial charge in [-0.25, -0.2) is 9.59 Å². The van der Waals surface area contributed by atoms with E-state index in [1.807, 2.05) is 6.92 Å². The lowest BCUT2D eigenvalue weighted by Gasteiger charge is -2.46. The van der Waals surface area contributed by atoms with Gasteiger partial charge < -0.3 is 24.3 Å². The number of benzene rings is 1. The van der Waals surface area contributed by atoms with Crippen molar-refractivity contribution in [1.82, 2.24) is 4.90 Å². The Kier molecular flexibility index (Phi) is 4.23. The number of carbonyl (C=O) groups excluding carboxylic acids is 1. The number of hydrogen-bond donors (Lipinski definition) is 2. The van der Waals surface area contributed by atoms with Crippen molar-refractivity contribution in [3.8, 4) is 5.75 Å². The molecule has 0 radical (unpaired) electrons. The highest BCUT2D eigenvalue weighted by Crippen LogP contribution is 2.47. The molecule has 3 heterocycles. The van der Waals surface area contributed by atoms with Gasteiger partial charge >= 0.3 is 11.6 Å². The van der Waals surface area contributed by atoms with Crippen LogP contribution in [0.4, 0.5) is 0 Å².